The highest BCUT2D eigenvalue weighted by molar-refractivity contribution is 5.90. The van der Waals surface area contributed by atoms with Crippen LogP contribution in [-0.4, -0.2) is 43.1 Å². The zero-order valence-electron chi connectivity index (χ0n) is 12.8. The molecule has 1 aromatic heterocycles. The van der Waals surface area contributed by atoms with Crippen molar-refractivity contribution in [2.75, 3.05) is 20.3 Å². The van der Waals surface area contributed by atoms with Crippen LogP contribution in [0.25, 0.3) is 10.9 Å². The number of methoxy groups -OCH3 is 1. The first-order chi connectivity index (χ1) is 11.2. The number of aromatic amines is 1. The summed E-state index contributed by atoms with van der Waals surface area (Å²) < 4.78 is 4.77. The largest absolute Gasteiger partial charge is 0.375 e. The quantitative estimate of drug-likeness (QED) is 0.646. The molecule has 1 heterocycles. The lowest BCUT2D eigenvalue weighted by atomic mass is 10.0. The van der Waals surface area contributed by atoms with E-state index in [1.54, 1.807) is 0 Å². The van der Waals surface area contributed by atoms with Gasteiger partial charge in [0.05, 0.1) is 6.07 Å². The van der Waals surface area contributed by atoms with Crippen molar-refractivity contribution in [2.24, 2.45) is 0 Å². The van der Waals surface area contributed by atoms with Crippen LogP contribution in [0.15, 0.2) is 30.5 Å². The van der Waals surface area contributed by atoms with Gasteiger partial charge in [-0.25, -0.2) is 0 Å². The summed E-state index contributed by atoms with van der Waals surface area (Å²) in [5.41, 5.74) is 1.87. The summed E-state index contributed by atoms with van der Waals surface area (Å²) in [5, 5.41) is 14.7. The van der Waals surface area contributed by atoms with Crippen LogP contribution in [0.5, 0.6) is 0 Å². The second-order valence-corrected chi connectivity index (χ2v) is 4.99. The lowest BCUT2D eigenvalue weighted by Crippen LogP contribution is -2.49. The van der Waals surface area contributed by atoms with Gasteiger partial charge in [-0.1, -0.05) is 18.2 Å². The van der Waals surface area contributed by atoms with Gasteiger partial charge in [0.1, 0.15) is 19.2 Å². The first-order valence-corrected chi connectivity index (χ1v) is 7.13. The van der Waals surface area contributed by atoms with Crippen molar-refractivity contribution >= 4 is 22.7 Å². The van der Waals surface area contributed by atoms with Gasteiger partial charge in [0.2, 0.25) is 11.8 Å². The molecule has 0 fully saturated rings. The number of amides is 2. The molecule has 23 heavy (non-hydrogen) atoms. The van der Waals surface area contributed by atoms with Gasteiger partial charge in [-0.3, -0.25) is 9.59 Å². The van der Waals surface area contributed by atoms with Crippen LogP contribution in [0.4, 0.5) is 0 Å². The van der Waals surface area contributed by atoms with Crippen LogP contribution in [0.3, 0.4) is 0 Å². The lowest BCUT2D eigenvalue weighted by Gasteiger charge is -2.17. The number of fused-ring (bicyclic) bond motifs is 1. The summed E-state index contributed by atoms with van der Waals surface area (Å²) in [6.45, 7) is -0.237. The molecule has 0 saturated heterocycles. The van der Waals surface area contributed by atoms with E-state index in [1.807, 2.05) is 36.5 Å². The fourth-order valence-corrected chi connectivity index (χ4v) is 2.35. The molecule has 0 aliphatic heterocycles. The first-order valence-electron chi connectivity index (χ1n) is 7.13. The maximum atomic E-state index is 12.2. The van der Waals surface area contributed by atoms with E-state index in [4.69, 9.17) is 10.00 Å². The van der Waals surface area contributed by atoms with Gasteiger partial charge in [-0.2, -0.15) is 5.26 Å². The van der Waals surface area contributed by atoms with E-state index in [0.29, 0.717) is 6.42 Å². The number of carbonyl (C=O) groups is 2. The second kappa shape index (κ2) is 7.96. The summed E-state index contributed by atoms with van der Waals surface area (Å²) >= 11 is 0. The molecular weight excluding hydrogens is 296 g/mol. The Morgan fingerprint density at radius 1 is 1.39 bits per heavy atom. The van der Waals surface area contributed by atoms with Crippen LogP contribution in [0.1, 0.15) is 5.56 Å². The molecule has 0 spiro atoms. The molecule has 7 nitrogen and oxygen atoms in total. The second-order valence-electron chi connectivity index (χ2n) is 4.99. The third-order valence-electron chi connectivity index (χ3n) is 3.37. The van der Waals surface area contributed by atoms with Crippen molar-refractivity contribution in [3.05, 3.63) is 36.0 Å². The molecule has 0 saturated carbocycles. The summed E-state index contributed by atoms with van der Waals surface area (Å²) in [6.07, 6.45) is 2.13. The Hall–Kier alpha value is -2.85. The molecule has 1 unspecified atom stereocenters. The minimum Gasteiger partial charge on any atom is -0.375 e. The summed E-state index contributed by atoms with van der Waals surface area (Å²) in [4.78, 5) is 27.0. The normalized spacial score (nSPS) is 11.7. The van der Waals surface area contributed by atoms with Crippen molar-refractivity contribution in [1.29, 1.82) is 5.26 Å². The standard InChI is InChI=1S/C16H18N4O3/c1-23-10-15(21)20-14(16(22)18-7-6-17)8-11-9-19-13-5-3-2-4-12(11)13/h2-5,9,14,19H,7-8,10H2,1H3,(H,18,22)(H,20,21). The van der Waals surface area contributed by atoms with E-state index in [-0.39, 0.29) is 19.1 Å². The molecule has 2 amide bonds. The van der Waals surface area contributed by atoms with Crippen molar-refractivity contribution < 1.29 is 14.3 Å². The number of H-pyrrole nitrogens is 1. The van der Waals surface area contributed by atoms with Crippen molar-refractivity contribution in [3.8, 4) is 6.07 Å². The highest BCUT2D eigenvalue weighted by Gasteiger charge is 2.22. The Balaban J connectivity index is 2.17. The van der Waals surface area contributed by atoms with Gasteiger partial charge in [0.15, 0.2) is 0 Å². The lowest BCUT2D eigenvalue weighted by molar-refractivity contribution is -0.130. The van der Waals surface area contributed by atoms with E-state index < -0.39 is 11.9 Å². The number of rotatable bonds is 7. The molecule has 1 atom stereocenters. The fraction of sp³-hybridized carbons (Fsp3) is 0.312. The highest BCUT2D eigenvalue weighted by Crippen LogP contribution is 2.19. The van der Waals surface area contributed by atoms with Crippen molar-refractivity contribution in [3.63, 3.8) is 0 Å². The predicted octanol–water partition coefficient (Wildman–Crippen LogP) is 0.481. The average Bonchev–Trinajstić information content (AvgIpc) is 2.95. The van der Waals surface area contributed by atoms with E-state index in [1.165, 1.54) is 7.11 Å². The number of aromatic nitrogens is 1. The number of hydrogen-bond acceptors (Lipinski definition) is 4. The summed E-state index contributed by atoms with van der Waals surface area (Å²) in [5.74, 6) is -0.786. The van der Waals surface area contributed by atoms with E-state index >= 15 is 0 Å². The predicted molar refractivity (Wildman–Crippen MR) is 84.4 cm³/mol. The van der Waals surface area contributed by atoms with E-state index in [2.05, 4.69) is 15.6 Å². The Morgan fingerprint density at radius 3 is 2.91 bits per heavy atom. The highest BCUT2D eigenvalue weighted by atomic mass is 16.5. The molecule has 0 radical (unpaired) electrons. The average molecular weight is 314 g/mol. The number of hydrogen-bond donors (Lipinski definition) is 3. The van der Waals surface area contributed by atoms with Gasteiger partial charge in [-0.05, 0) is 11.6 Å². The molecular formula is C16H18N4O3. The molecule has 7 heteroatoms. The number of nitrogens with zero attached hydrogens (tertiary/aromatic N) is 1. The first kappa shape index (κ1) is 16.5. The topological polar surface area (TPSA) is 107 Å². The van der Waals surface area contributed by atoms with E-state index in [0.717, 1.165) is 16.5 Å². The summed E-state index contributed by atoms with van der Waals surface area (Å²) in [7, 11) is 1.41. The maximum absolute atomic E-state index is 12.2. The monoisotopic (exact) mass is 314 g/mol. The maximum Gasteiger partial charge on any atom is 0.246 e. The zero-order valence-corrected chi connectivity index (χ0v) is 12.8. The molecule has 1 aromatic carbocycles. The Morgan fingerprint density at radius 2 is 2.17 bits per heavy atom. The van der Waals surface area contributed by atoms with Crippen molar-refractivity contribution in [2.45, 2.75) is 12.5 Å². The number of benzene rings is 1. The van der Waals surface area contributed by atoms with Crippen LogP contribution >= 0.6 is 0 Å². The molecule has 0 aliphatic rings. The third kappa shape index (κ3) is 4.31. The molecule has 0 aliphatic carbocycles. The molecule has 2 rings (SSSR count). The van der Waals surface area contributed by atoms with Crippen LogP contribution in [-0.2, 0) is 20.7 Å². The van der Waals surface area contributed by atoms with Crippen molar-refractivity contribution in [1.82, 2.24) is 15.6 Å². The minimum atomic E-state index is -0.773. The zero-order chi connectivity index (χ0) is 16.7. The van der Waals surface area contributed by atoms with Crippen LogP contribution < -0.4 is 10.6 Å². The smallest absolute Gasteiger partial charge is 0.246 e. The van der Waals surface area contributed by atoms with Crippen LogP contribution in [0.2, 0.25) is 0 Å². The van der Waals surface area contributed by atoms with Gasteiger partial charge in [0, 0.05) is 30.6 Å². The van der Waals surface area contributed by atoms with Gasteiger partial charge in [0.25, 0.3) is 0 Å². The number of nitriles is 1. The fourth-order valence-electron chi connectivity index (χ4n) is 2.35. The molecule has 3 N–H and O–H groups in total. The number of para-hydroxylation sites is 1. The number of ether oxygens (including phenoxy) is 1. The Kier molecular flexibility index (Phi) is 5.72. The van der Waals surface area contributed by atoms with Gasteiger partial charge in [-0.15, -0.1) is 0 Å². The number of nitrogens with one attached hydrogen (secondary N) is 3. The Bertz CT molecular complexity index is 732. The SMILES string of the molecule is COCC(=O)NC(Cc1c[nH]c2ccccc12)C(=O)NCC#N. The molecule has 2 aromatic rings. The summed E-state index contributed by atoms with van der Waals surface area (Å²) in [6, 6.07) is 8.78. The molecule has 0 bridgehead atoms. The Labute approximate surface area is 133 Å². The molecule has 120 valence electrons. The number of carbonyl (C=O) groups excluding carboxylic acids is 2. The third-order valence-corrected chi connectivity index (χ3v) is 3.37. The van der Waals surface area contributed by atoms with Gasteiger partial charge < -0.3 is 20.4 Å². The van der Waals surface area contributed by atoms with E-state index in [9.17, 15) is 9.59 Å². The minimum absolute atomic E-state index is 0.108. The van der Waals surface area contributed by atoms with Crippen LogP contribution in [0, 0.1) is 11.3 Å². The van der Waals surface area contributed by atoms with Gasteiger partial charge >= 0.3 is 0 Å².